The number of carbonyl (C=O) groups is 1. The summed E-state index contributed by atoms with van der Waals surface area (Å²) < 4.78 is 0. The van der Waals surface area contributed by atoms with E-state index in [-0.39, 0.29) is 6.03 Å². The van der Waals surface area contributed by atoms with E-state index in [0.717, 1.165) is 11.4 Å². The van der Waals surface area contributed by atoms with Gasteiger partial charge in [-0.2, -0.15) is 0 Å². The fourth-order valence-corrected chi connectivity index (χ4v) is 1.34. The van der Waals surface area contributed by atoms with E-state index in [2.05, 4.69) is 4.98 Å². The predicted octanol–water partition coefficient (Wildman–Crippen LogP) is 1.50. The standard InChI is InChI=1S/C11H17N3O/c1-9-6-5-7-10(12-9)8-14(4)11(15)13(2)3/h5-7H,8H2,1-4H3. The van der Waals surface area contributed by atoms with Crippen molar-refractivity contribution in [3.63, 3.8) is 0 Å². The largest absolute Gasteiger partial charge is 0.331 e. The molecule has 0 spiro atoms. The number of aryl methyl sites for hydroxylation is 1. The van der Waals surface area contributed by atoms with Crippen molar-refractivity contribution in [3.05, 3.63) is 29.6 Å². The van der Waals surface area contributed by atoms with Crippen molar-refractivity contribution in [1.82, 2.24) is 14.8 Å². The Bertz CT molecular complexity index is 349. The highest BCUT2D eigenvalue weighted by atomic mass is 16.2. The molecular weight excluding hydrogens is 190 g/mol. The van der Waals surface area contributed by atoms with Crippen LogP contribution in [-0.2, 0) is 6.54 Å². The Labute approximate surface area is 90.5 Å². The highest BCUT2D eigenvalue weighted by molar-refractivity contribution is 5.73. The molecule has 0 bridgehead atoms. The van der Waals surface area contributed by atoms with Crippen LogP contribution in [0, 0.1) is 6.92 Å². The van der Waals surface area contributed by atoms with Crippen LogP contribution in [0.3, 0.4) is 0 Å². The maximum atomic E-state index is 11.6. The maximum absolute atomic E-state index is 11.6. The predicted molar refractivity (Wildman–Crippen MR) is 59.5 cm³/mol. The molecule has 0 aromatic carbocycles. The van der Waals surface area contributed by atoms with E-state index in [0.29, 0.717) is 6.54 Å². The molecule has 0 radical (unpaired) electrons. The van der Waals surface area contributed by atoms with E-state index in [9.17, 15) is 4.79 Å². The van der Waals surface area contributed by atoms with E-state index >= 15 is 0 Å². The van der Waals surface area contributed by atoms with Gasteiger partial charge in [-0.3, -0.25) is 4.98 Å². The minimum atomic E-state index is -0.0155. The average Bonchev–Trinajstić information content (AvgIpc) is 2.16. The van der Waals surface area contributed by atoms with Crippen LogP contribution >= 0.6 is 0 Å². The molecule has 0 saturated carbocycles. The molecule has 0 saturated heterocycles. The summed E-state index contributed by atoms with van der Waals surface area (Å²) in [5, 5.41) is 0. The molecule has 15 heavy (non-hydrogen) atoms. The summed E-state index contributed by atoms with van der Waals surface area (Å²) in [6, 6.07) is 5.80. The zero-order chi connectivity index (χ0) is 11.4. The van der Waals surface area contributed by atoms with E-state index in [4.69, 9.17) is 0 Å². The first kappa shape index (κ1) is 11.5. The normalized spacial score (nSPS) is 9.87. The van der Waals surface area contributed by atoms with Gasteiger partial charge in [-0.1, -0.05) is 6.07 Å². The second kappa shape index (κ2) is 4.77. The zero-order valence-electron chi connectivity index (χ0n) is 9.69. The lowest BCUT2D eigenvalue weighted by Crippen LogP contribution is -2.36. The van der Waals surface area contributed by atoms with E-state index in [1.807, 2.05) is 25.1 Å². The number of hydrogen-bond donors (Lipinski definition) is 0. The van der Waals surface area contributed by atoms with Gasteiger partial charge in [-0.05, 0) is 19.1 Å². The molecule has 0 N–H and O–H groups in total. The molecule has 0 aliphatic heterocycles. The van der Waals surface area contributed by atoms with E-state index in [1.54, 1.807) is 30.9 Å². The van der Waals surface area contributed by atoms with Crippen LogP contribution in [0.15, 0.2) is 18.2 Å². The van der Waals surface area contributed by atoms with Crippen molar-refractivity contribution in [3.8, 4) is 0 Å². The van der Waals surface area contributed by atoms with Crippen LogP contribution in [0.5, 0.6) is 0 Å². The van der Waals surface area contributed by atoms with Crippen LogP contribution in [0.4, 0.5) is 4.79 Å². The van der Waals surface area contributed by atoms with Crippen LogP contribution in [-0.4, -0.2) is 42.0 Å². The maximum Gasteiger partial charge on any atom is 0.319 e. The van der Waals surface area contributed by atoms with Gasteiger partial charge in [-0.15, -0.1) is 0 Å². The Kier molecular flexibility index (Phi) is 3.66. The average molecular weight is 207 g/mol. The van der Waals surface area contributed by atoms with Gasteiger partial charge in [0.1, 0.15) is 0 Å². The van der Waals surface area contributed by atoms with Crippen LogP contribution < -0.4 is 0 Å². The molecule has 2 amide bonds. The van der Waals surface area contributed by atoms with Crippen molar-refractivity contribution in [2.24, 2.45) is 0 Å². The third-order valence-electron chi connectivity index (χ3n) is 2.05. The Hall–Kier alpha value is -1.58. The highest BCUT2D eigenvalue weighted by Gasteiger charge is 2.11. The van der Waals surface area contributed by atoms with Gasteiger partial charge in [0.25, 0.3) is 0 Å². The first-order chi connectivity index (χ1) is 7.00. The van der Waals surface area contributed by atoms with E-state index < -0.39 is 0 Å². The first-order valence-corrected chi connectivity index (χ1v) is 4.85. The molecule has 4 heteroatoms. The molecule has 1 aromatic rings. The molecule has 0 unspecified atom stereocenters. The van der Waals surface area contributed by atoms with Crippen molar-refractivity contribution < 1.29 is 4.79 Å². The molecule has 1 heterocycles. The number of amides is 2. The second-order valence-corrected chi connectivity index (χ2v) is 3.80. The number of nitrogens with zero attached hydrogens (tertiary/aromatic N) is 3. The molecule has 1 rings (SSSR count). The van der Waals surface area contributed by atoms with Gasteiger partial charge in [0.15, 0.2) is 0 Å². The fraction of sp³-hybridized carbons (Fsp3) is 0.455. The fourth-order valence-electron chi connectivity index (χ4n) is 1.34. The molecule has 0 aliphatic carbocycles. The minimum Gasteiger partial charge on any atom is -0.331 e. The highest BCUT2D eigenvalue weighted by Crippen LogP contribution is 2.03. The summed E-state index contributed by atoms with van der Waals surface area (Å²) in [6.07, 6.45) is 0. The Morgan fingerprint density at radius 3 is 2.53 bits per heavy atom. The number of hydrogen-bond acceptors (Lipinski definition) is 2. The lowest BCUT2D eigenvalue weighted by molar-refractivity contribution is 0.179. The number of pyridine rings is 1. The number of urea groups is 1. The monoisotopic (exact) mass is 207 g/mol. The molecule has 0 aliphatic rings. The van der Waals surface area contributed by atoms with Crippen molar-refractivity contribution in [2.75, 3.05) is 21.1 Å². The van der Waals surface area contributed by atoms with Gasteiger partial charge >= 0.3 is 6.03 Å². The quantitative estimate of drug-likeness (QED) is 0.737. The number of carbonyl (C=O) groups excluding carboxylic acids is 1. The lowest BCUT2D eigenvalue weighted by atomic mass is 10.3. The topological polar surface area (TPSA) is 36.4 Å². The van der Waals surface area contributed by atoms with Crippen LogP contribution in [0.25, 0.3) is 0 Å². The van der Waals surface area contributed by atoms with Gasteiger partial charge in [0.2, 0.25) is 0 Å². The molecular formula is C11H17N3O. The zero-order valence-corrected chi connectivity index (χ0v) is 9.69. The first-order valence-electron chi connectivity index (χ1n) is 4.85. The van der Waals surface area contributed by atoms with E-state index in [1.165, 1.54) is 0 Å². The van der Waals surface area contributed by atoms with Gasteiger partial charge < -0.3 is 9.80 Å². The molecule has 0 atom stereocenters. The van der Waals surface area contributed by atoms with Crippen molar-refractivity contribution in [1.29, 1.82) is 0 Å². The Balaban J connectivity index is 2.66. The molecule has 0 fully saturated rings. The summed E-state index contributed by atoms with van der Waals surface area (Å²) >= 11 is 0. The minimum absolute atomic E-state index is 0.0155. The molecule has 82 valence electrons. The molecule has 1 aromatic heterocycles. The van der Waals surface area contributed by atoms with Gasteiger partial charge in [0, 0.05) is 26.8 Å². The SMILES string of the molecule is Cc1cccc(CN(C)C(=O)N(C)C)n1. The Morgan fingerprint density at radius 1 is 1.33 bits per heavy atom. The van der Waals surface area contributed by atoms with Gasteiger partial charge in [0.05, 0.1) is 12.2 Å². The third-order valence-corrected chi connectivity index (χ3v) is 2.05. The van der Waals surface area contributed by atoms with Crippen molar-refractivity contribution in [2.45, 2.75) is 13.5 Å². The van der Waals surface area contributed by atoms with Crippen LogP contribution in [0.1, 0.15) is 11.4 Å². The third kappa shape index (κ3) is 3.23. The summed E-state index contributed by atoms with van der Waals surface area (Å²) in [6.45, 7) is 2.48. The summed E-state index contributed by atoms with van der Waals surface area (Å²) in [5.41, 5.74) is 1.88. The summed E-state index contributed by atoms with van der Waals surface area (Å²) in [5.74, 6) is 0. The number of aromatic nitrogens is 1. The second-order valence-electron chi connectivity index (χ2n) is 3.80. The number of rotatable bonds is 2. The lowest BCUT2D eigenvalue weighted by Gasteiger charge is -2.21. The summed E-state index contributed by atoms with van der Waals surface area (Å²) in [4.78, 5) is 19.1. The Morgan fingerprint density at radius 2 is 2.00 bits per heavy atom. The summed E-state index contributed by atoms with van der Waals surface area (Å²) in [7, 11) is 5.25. The van der Waals surface area contributed by atoms with Crippen molar-refractivity contribution >= 4 is 6.03 Å². The smallest absolute Gasteiger partial charge is 0.319 e. The van der Waals surface area contributed by atoms with Crippen LogP contribution in [0.2, 0.25) is 0 Å². The molecule has 4 nitrogen and oxygen atoms in total. The van der Waals surface area contributed by atoms with Gasteiger partial charge in [-0.25, -0.2) is 4.79 Å².